The molecule has 10 heteroatoms. The number of sulfonamides is 1. The van der Waals surface area contributed by atoms with Crippen LogP contribution < -0.4 is 14.8 Å². The number of ether oxygens (including phenoxy) is 1. The Morgan fingerprint density at radius 1 is 1.00 bits per heavy atom. The molecule has 0 unspecified atom stereocenters. The maximum absolute atomic E-state index is 13.2. The fourth-order valence-corrected chi connectivity index (χ4v) is 5.48. The summed E-state index contributed by atoms with van der Waals surface area (Å²) in [6.07, 6.45) is 4.88. The molecule has 1 saturated heterocycles. The molecule has 9 nitrogen and oxygen atoms in total. The van der Waals surface area contributed by atoms with Gasteiger partial charge in [-0.15, -0.1) is 0 Å². The van der Waals surface area contributed by atoms with Crippen LogP contribution in [0.4, 0.5) is 16.2 Å². The van der Waals surface area contributed by atoms with Crippen molar-refractivity contribution in [3.05, 3.63) is 77.9 Å². The number of amides is 2. The molecule has 3 aromatic carbocycles. The molecule has 3 N–H and O–H groups in total. The van der Waals surface area contributed by atoms with Gasteiger partial charge in [0.25, 0.3) is 0 Å². The predicted molar refractivity (Wildman–Crippen MR) is 163 cm³/mol. The lowest BCUT2D eigenvalue weighted by Crippen LogP contribution is -2.49. The lowest BCUT2D eigenvalue weighted by atomic mass is 10.0. The Kier molecular flexibility index (Phi) is 10.1. The molecule has 1 fully saturated rings. The van der Waals surface area contributed by atoms with E-state index in [-0.39, 0.29) is 17.8 Å². The third kappa shape index (κ3) is 9.12. The zero-order chi connectivity index (χ0) is 29.4. The van der Waals surface area contributed by atoms with Gasteiger partial charge in [0.15, 0.2) is 0 Å². The second kappa shape index (κ2) is 13.7. The van der Waals surface area contributed by atoms with Gasteiger partial charge in [-0.1, -0.05) is 31.5 Å². The number of benzene rings is 3. The number of carbonyl (C=O) groups excluding carboxylic acids is 1. The van der Waals surface area contributed by atoms with Crippen LogP contribution in [0.25, 0.3) is 0 Å². The SMILES string of the molecule is CCCCN(C(=O)Nc1ccc(C)c(O)c1)C1CCN(Cc2ccc(Oc3ccc(NS(C)(=O)=O)cc3)cc2)CC1. The van der Waals surface area contributed by atoms with Crippen LogP contribution in [0.15, 0.2) is 66.7 Å². The summed E-state index contributed by atoms with van der Waals surface area (Å²) < 4.78 is 31.1. The third-order valence-corrected chi connectivity index (χ3v) is 7.80. The summed E-state index contributed by atoms with van der Waals surface area (Å²) in [6.45, 7) is 7.29. The number of rotatable bonds is 11. The van der Waals surface area contributed by atoms with E-state index in [1.165, 1.54) is 5.56 Å². The predicted octanol–water partition coefficient (Wildman–Crippen LogP) is 6.16. The maximum atomic E-state index is 13.2. The summed E-state index contributed by atoms with van der Waals surface area (Å²) in [6, 6.07) is 20.0. The van der Waals surface area contributed by atoms with Crippen LogP contribution in [0, 0.1) is 6.92 Å². The second-order valence-corrected chi connectivity index (χ2v) is 12.4. The Morgan fingerprint density at radius 2 is 1.61 bits per heavy atom. The number of nitrogens with one attached hydrogen (secondary N) is 2. The minimum absolute atomic E-state index is 0.114. The summed E-state index contributed by atoms with van der Waals surface area (Å²) in [7, 11) is -3.32. The molecule has 0 aromatic heterocycles. The zero-order valence-corrected chi connectivity index (χ0v) is 24.8. The van der Waals surface area contributed by atoms with Crippen molar-refractivity contribution in [2.24, 2.45) is 0 Å². The van der Waals surface area contributed by atoms with Crippen molar-refractivity contribution >= 4 is 27.4 Å². The van der Waals surface area contributed by atoms with E-state index in [1.54, 1.807) is 36.4 Å². The Labute approximate surface area is 243 Å². The van der Waals surface area contributed by atoms with Crippen molar-refractivity contribution in [2.75, 3.05) is 35.9 Å². The molecule has 4 rings (SSSR count). The number of hydrogen-bond acceptors (Lipinski definition) is 6. The fourth-order valence-electron chi connectivity index (χ4n) is 4.91. The normalized spacial score (nSPS) is 14.4. The highest BCUT2D eigenvalue weighted by Crippen LogP contribution is 2.26. The van der Waals surface area contributed by atoms with Crippen molar-refractivity contribution in [2.45, 2.75) is 52.1 Å². The number of phenolic OH excluding ortho intramolecular Hbond substituents is 1. The Morgan fingerprint density at radius 3 is 2.20 bits per heavy atom. The molecule has 41 heavy (non-hydrogen) atoms. The highest BCUT2D eigenvalue weighted by atomic mass is 32.2. The second-order valence-electron chi connectivity index (χ2n) is 10.6. The van der Waals surface area contributed by atoms with Gasteiger partial charge in [-0.2, -0.15) is 0 Å². The van der Waals surface area contributed by atoms with Crippen LogP contribution in [-0.2, 0) is 16.6 Å². The van der Waals surface area contributed by atoms with Crippen molar-refractivity contribution in [1.82, 2.24) is 9.80 Å². The smallest absolute Gasteiger partial charge is 0.322 e. The molecule has 1 heterocycles. The Balaban J connectivity index is 1.28. The van der Waals surface area contributed by atoms with Gasteiger partial charge in [-0.25, -0.2) is 13.2 Å². The highest BCUT2D eigenvalue weighted by molar-refractivity contribution is 7.92. The van der Waals surface area contributed by atoms with E-state index in [2.05, 4.69) is 34.0 Å². The van der Waals surface area contributed by atoms with E-state index < -0.39 is 10.0 Å². The van der Waals surface area contributed by atoms with Crippen LogP contribution in [-0.4, -0.2) is 61.3 Å². The van der Waals surface area contributed by atoms with Gasteiger partial charge in [0.1, 0.15) is 17.2 Å². The van der Waals surface area contributed by atoms with E-state index in [0.29, 0.717) is 29.4 Å². The van der Waals surface area contributed by atoms with E-state index in [1.807, 2.05) is 30.0 Å². The highest BCUT2D eigenvalue weighted by Gasteiger charge is 2.28. The van der Waals surface area contributed by atoms with E-state index in [0.717, 1.165) is 57.1 Å². The molecular formula is C31H40N4O5S. The minimum atomic E-state index is -3.32. The van der Waals surface area contributed by atoms with Crippen LogP contribution in [0.2, 0.25) is 0 Å². The maximum Gasteiger partial charge on any atom is 0.322 e. The van der Waals surface area contributed by atoms with Gasteiger partial charge in [0, 0.05) is 49.7 Å². The van der Waals surface area contributed by atoms with Gasteiger partial charge in [-0.05, 0) is 79.8 Å². The first kappa shape index (κ1) is 30.2. The summed E-state index contributed by atoms with van der Waals surface area (Å²) in [4.78, 5) is 17.6. The molecule has 0 spiro atoms. The van der Waals surface area contributed by atoms with Gasteiger partial charge in [0.2, 0.25) is 10.0 Å². The molecule has 3 aromatic rings. The van der Waals surface area contributed by atoms with Crippen LogP contribution in [0.5, 0.6) is 17.2 Å². The van der Waals surface area contributed by atoms with Crippen LogP contribution >= 0.6 is 0 Å². The van der Waals surface area contributed by atoms with Gasteiger partial charge in [0.05, 0.1) is 6.26 Å². The number of hydrogen-bond donors (Lipinski definition) is 3. The van der Waals surface area contributed by atoms with E-state index in [9.17, 15) is 18.3 Å². The molecular weight excluding hydrogens is 540 g/mol. The largest absolute Gasteiger partial charge is 0.508 e. The number of likely N-dealkylation sites (tertiary alicyclic amines) is 1. The summed E-state index contributed by atoms with van der Waals surface area (Å²) in [5, 5.41) is 13.0. The number of anilines is 2. The van der Waals surface area contributed by atoms with Crippen LogP contribution in [0.3, 0.4) is 0 Å². The standard InChI is InChI=1S/C31H40N4O5S/c1-4-5-18-35(31(37)32-26-9-6-23(2)30(36)21-26)27-16-19-34(20-17-27)22-24-7-12-28(13-8-24)40-29-14-10-25(11-15-29)33-41(3,38)39/h6-15,21,27,33,36H,4-5,16-20,22H2,1-3H3,(H,32,37). The lowest BCUT2D eigenvalue weighted by molar-refractivity contribution is 0.122. The Hall–Kier alpha value is -3.76. The lowest BCUT2D eigenvalue weighted by Gasteiger charge is -2.38. The number of carbonyl (C=O) groups is 1. The zero-order valence-electron chi connectivity index (χ0n) is 24.0. The molecule has 0 saturated carbocycles. The van der Waals surface area contributed by atoms with E-state index in [4.69, 9.17) is 4.74 Å². The molecule has 0 atom stereocenters. The van der Waals surface area contributed by atoms with Crippen molar-refractivity contribution in [1.29, 1.82) is 0 Å². The average Bonchev–Trinajstić information content (AvgIpc) is 2.93. The Bertz CT molecular complexity index is 1400. The molecule has 0 aliphatic carbocycles. The van der Waals surface area contributed by atoms with Gasteiger partial charge < -0.3 is 20.1 Å². The molecule has 1 aliphatic rings. The fraction of sp³-hybridized carbons (Fsp3) is 0.387. The first-order valence-corrected chi connectivity index (χ1v) is 15.9. The number of aromatic hydroxyl groups is 1. The van der Waals surface area contributed by atoms with E-state index >= 15 is 0 Å². The summed E-state index contributed by atoms with van der Waals surface area (Å²) in [5.41, 5.74) is 3.05. The molecule has 0 bridgehead atoms. The average molecular weight is 581 g/mol. The molecule has 2 amide bonds. The topological polar surface area (TPSA) is 111 Å². The van der Waals surface area contributed by atoms with Crippen molar-refractivity contribution in [3.63, 3.8) is 0 Å². The minimum Gasteiger partial charge on any atom is -0.508 e. The van der Waals surface area contributed by atoms with Crippen LogP contribution in [0.1, 0.15) is 43.7 Å². The number of phenols is 1. The molecule has 220 valence electrons. The summed E-state index contributed by atoms with van der Waals surface area (Å²) in [5.74, 6) is 1.50. The number of aryl methyl sites for hydroxylation is 1. The number of piperidine rings is 1. The quantitative estimate of drug-likeness (QED) is 0.250. The molecule has 1 aliphatic heterocycles. The molecule has 0 radical (unpaired) electrons. The number of nitrogens with zero attached hydrogens (tertiary/aromatic N) is 2. The van der Waals surface area contributed by atoms with Gasteiger partial charge in [-0.3, -0.25) is 9.62 Å². The van der Waals surface area contributed by atoms with Gasteiger partial charge >= 0.3 is 6.03 Å². The third-order valence-electron chi connectivity index (χ3n) is 7.19. The number of urea groups is 1. The van der Waals surface area contributed by atoms with Crippen molar-refractivity contribution in [3.8, 4) is 17.2 Å². The first-order valence-electron chi connectivity index (χ1n) is 14.0. The number of unbranched alkanes of at least 4 members (excludes halogenated alkanes) is 1. The first-order chi connectivity index (χ1) is 19.6. The van der Waals surface area contributed by atoms with Crippen molar-refractivity contribution < 1.29 is 23.1 Å². The monoisotopic (exact) mass is 580 g/mol. The summed E-state index contributed by atoms with van der Waals surface area (Å²) >= 11 is 0.